The number of aliphatic hydroxyl groups is 2. The first-order valence-electron chi connectivity index (χ1n) is 10.0. The third-order valence-corrected chi connectivity index (χ3v) is 7.34. The minimum Gasteiger partial charge on any atom is -0.395 e. The molecule has 2 saturated carbocycles. The Morgan fingerprint density at radius 2 is 1.96 bits per heavy atom. The number of rotatable bonds is 9. The molecule has 2 aliphatic carbocycles. The first-order valence-corrected chi connectivity index (χ1v) is 10.0. The van der Waals surface area contributed by atoms with Crippen molar-refractivity contribution in [1.82, 2.24) is 4.90 Å². The Hall–Kier alpha value is -0.940. The van der Waals surface area contributed by atoms with Crippen LogP contribution in [-0.2, 0) is 11.3 Å². The average Bonchev–Trinajstić information content (AvgIpc) is 2.94. The van der Waals surface area contributed by atoms with E-state index in [0.717, 1.165) is 18.9 Å². The second-order valence-corrected chi connectivity index (χ2v) is 9.03. The Labute approximate surface area is 158 Å². The van der Waals surface area contributed by atoms with Gasteiger partial charge in [-0.3, -0.25) is 4.90 Å². The van der Waals surface area contributed by atoms with Crippen LogP contribution in [0.4, 0.5) is 0 Å². The van der Waals surface area contributed by atoms with Crippen LogP contribution in [-0.4, -0.2) is 53.6 Å². The van der Waals surface area contributed by atoms with Crippen LogP contribution in [0.5, 0.6) is 0 Å². The quantitative estimate of drug-likeness (QED) is 0.710. The van der Waals surface area contributed by atoms with Crippen LogP contribution < -0.4 is 0 Å². The van der Waals surface area contributed by atoms with Crippen molar-refractivity contribution in [3.63, 3.8) is 0 Å². The Kier molecular flexibility index (Phi) is 6.07. The third kappa shape index (κ3) is 3.84. The number of fused-ring (bicyclic) bond motifs is 2. The summed E-state index contributed by atoms with van der Waals surface area (Å²) in [6.45, 7) is 9.41. The van der Waals surface area contributed by atoms with Crippen LogP contribution in [0.2, 0.25) is 0 Å². The van der Waals surface area contributed by atoms with Crippen LogP contribution in [0.3, 0.4) is 0 Å². The molecule has 4 nitrogen and oxygen atoms in total. The van der Waals surface area contributed by atoms with E-state index < -0.39 is 6.10 Å². The van der Waals surface area contributed by atoms with Gasteiger partial charge in [-0.1, -0.05) is 51.1 Å². The lowest BCUT2D eigenvalue weighted by molar-refractivity contribution is -0.0800. The maximum absolute atomic E-state index is 10.5. The molecule has 1 aromatic carbocycles. The molecule has 2 fully saturated rings. The largest absolute Gasteiger partial charge is 0.395 e. The fourth-order valence-corrected chi connectivity index (χ4v) is 5.18. The SMILES string of the molecule is CC1(C)[C@@H]2CC[C@]1(C)[C@H](OC[C@H](O)CN(CCO)Cc1ccccc1)C2. The molecule has 4 heteroatoms. The maximum atomic E-state index is 10.5. The van der Waals surface area contributed by atoms with Crippen molar-refractivity contribution < 1.29 is 14.9 Å². The lowest BCUT2D eigenvalue weighted by atomic mass is 9.70. The van der Waals surface area contributed by atoms with E-state index in [1.54, 1.807) is 0 Å². The molecule has 0 aromatic heterocycles. The number of hydrogen-bond donors (Lipinski definition) is 2. The van der Waals surface area contributed by atoms with Crippen molar-refractivity contribution in [3.8, 4) is 0 Å². The Morgan fingerprint density at radius 1 is 1.23 bits per heavy atom. The van der Waals surface area contributed by atoms with Crippen molar-refractivity contribution in [2.45, 2.75) is 58.8 Å². The molecule has 4 atom stereocenters. The van der Waals surface area contributed by atoms with Crippen molar-refractivity contribution in [3.05, 3.63) is 35.9 Å². The van der Waals surface area contributed by atoms with Crippen molar-refractivity contribution in [1.29, 1.82) is 0 Å². The number of benzene rings is 1. The molecule has 0 amide bonds. The molecular weight excluding hydrogens is 326 g/mol. The monoisotopic (exact) mass is 361 g/mol. The van der Waals surface area contributed by atoms with E-state index in [-0.39, 0.29) is 18.1 Å². The van der Waals surface area contributed by atoms with Gasteiger partial charge in [0.05, 0.1) is 25.4 Å². The molecule has 0 unspecified atom stereocenters. The Balaban J connectivity index is 1.50. The van der Waals surface area contributed by atoms with Crippen LogP contribution in [0.15, 0.2) is 30.3 Å². The highest BCUT2D eigenvalue weighted by molar-refractivity contribution is 5.14. The zero-order chi connectivity index (χ0) is 18.8. The summed E-state index contributed by atoms with van der Waals surface area (Å²) in [6, 6.07) is 10.2. The van der Waals surface area contributed by atoms with Gasteiger partial charge in [0.1, 0.15) is 0 Å². The summed E-state index contributed by atoms with van der Waals surface area (Å²) in [5, 5.41) is 19.9. The van der Waals surface area contributed by atoms with E-state index in [1.165, 1.54) is 18.4 Å². The summed E-state index contributed by atoms with van der Waals surface area (Å²) < 4.78 is 6.23. The standard InChI is InChI=1S/C22H35NO3/c1-21(2)18-9-10-22(21,3)20(13-18)26-16-19(25)15-23(11-12-24)14-17-7-5-4-6-8-17/h4-8,18-20,24-25H,9-16H2,1-3H3/t18-,19-,20-,22-/m1/s1. The molecule has 0 heterocycles. The first-order chi connectivity index (χ1) is 12.4. The van der Waals surface area contributed by atoms with Gasteiger partial charge < -0.3 is 14.9 Å². The van der Waals surface area contributed by atoms with E-state index in [4.69, 9.17) is 4.74 Å². The van der Waals surface area contributed by atoms with E-state index >= 15 is 0 Å². The summed E-state index contributed by atoms with van der Waals surface area (Å²) >= 11 is 0. The molecule has 146 valence electrons. The minimum atomic E-state index is -0.531. The smallest absolute Gasteiger partial charge is 0.0900 e. The highest BCUT2D eigenvalue weighted by Crippen LogP contribution is 2.66. The van der Waals surface area contributed by atoms with Crippen molar-refractivity contribution >= 4 is 0 Å². The van der Waals surface area contributed by atoms with Gasteiger partial charge in [-0.25, -0.2) is 0 Å². The van der Waals surface area contributed by atoms with Gasteiger partial charge in [0.25, 0.3) is 0 Å². The summed E-state index contributed by atoms with van der Waals surface area (Å²) in [5.74, 6) is 0.749. The zero-order valence-electron chi connectivity index (χ0n) is 16.5. The van der Waals surface area contributed by atoms with E-state index in [2.05, 4.69) is 37.8 Å². The number of aliphatic hydroxyl groups excluding tert-OH is 2. The van der Waals surface area contributed by atoms with Gasteiger partial charge >= 0.3 is 0 Å². The fourth-order valence-electron chi connectivity index (χ4n) is 5.18. The van der Waals surface area contributed by atoms with Crippen LogP contribution >= 0.6 is 0 Å². The molecule has 26 heavy (non-hydrogen) atoms. The van der Waals surface area contributed by atoms with E-state index in [9.17, 15) is 10.2 Å². The normalized spacial score (nSPS) is 30.8. The van der Waals surface area contributed by atoms with Gasteiger partial charge in [-0.2, -0.15) is 0 Å². The van der Waals surface area contributed by atoms with Gasteiger partial charge in [0, 0.05) is 19.6 Å². The number of nitrogens with zero attached hydrogens (tertiary/aromatic N) is 1. The van der Waals surface area contributed by atoms with Crippen LogP contribution in [0.1, 0.15) is 45.6 Å². The van der Waals surface area contributed by atoms with Crippen LogP contribution in [0.25, 0.3) is 0 Å². The molecular formula is C22H35NO3. The second-order valence-electron chi connectivity index (χ2n) is 9.03. The minimum absolute atomic E-state index is 0.0942. The lowest BCUT2D eigenvalue weighted by Gasteiger charge is -2.39. The summed E-state index contributed by atoms with van der Waals surface area (Å²) in [5.41, 5.74) is 1.75. The highest BCUT2D eigenvalue weighted by atomic mass is 16.5. The van der Waals surface area contributed by atoms with Crippen molar-refractivity contribution in [2.24, 2.45) is 16.7 Å². The molecule has 2 bridgehead atoms. The molecule has 1 aromatic rings. The van der Waals surface area contributed by atoms with E-state index in [0.29, 0.717) is 25.1 Å². The summed E-state index contributed by atoms with van der Waals surface area (Å²) in [4.78, 5) is 2.09. The Morgan fingerprint density at radius 3 is 2.54 bits per heavy atom. The van der Waals surface area contributed by atoms with Crippen LogP contribution in [0, 0.1) is 16.7 Å². The van der Waals surface area contributed by atoms with Crippen molar-refractivity contribution in [2.75, 3.05) is 26.3 Å². The predicted octanol–water partition coefficient (Wildman–Crippen LogP) is 3.07. The number of ether oxygens (including phenoxy) is 1. The second kappa shape index (κ2) is 7.97. The van der Waals surface area contributed by atoms with Gasteiger partial charge in [-0.05, 0) is 41.6 Å². The maximum Gasteiger partial charge on any atom is 0.0900 e. The van der Waals surface area contributed by atoms with Gasteiger partial charge in [0.2, 0.25) is 0 Å². The first kappa shape index (κ1) is 19.8. The fraction of sp³-hybridized carbons (Fsp3) is 0.727. The number of hydrogen-bond acceptors (Lipinski definition) is 4. The lowest BCUT2D eigenvalue weighted by Crippen LogP contribution is -2.41. The molecule has 2 aliphatic rings. The molecule has 0 spiro atoms. The molecule has 0 radical (unpaired) electrons. The predicted molar refractivity (Wildman–Crippen MR) is 104 cm³/mol. The van der Waals surface area contributed by atoms with E-state index in [1.807, 2.05) is 18.2 Å². The Bertz CT molecular complexity index is 576. The molecule has 0 saturated heterocycles. The average molecular weight is 362 g/mol. The molecule has 3 rings (SSSR count). The highest BCUT2D eigenvalue weighted by Gasteiger charge is 2.61. The summed E-state index contributed by atoms with van der Waals surface area (Å²) in [7, 11) is 0. The van der Waals surface area contributed by atoms with Gasteiger partial charge in [-0.15, -0.1) is 0 Å². The zero-order valence-corrected chi connectivity index (χ0v) is 16.5. The topological polar surface area (TPSA) is 52.9 Å². The van der Waals surface area contributed by atoms with Gasteiger partial charge in [0.15, 0.2) is 0 Å². The molecule has 0 aliphatic heterocycles. The summed E-state index contributed by atoms with van der Waals surface area (Å²) in [6.07, 6.45) is 3.40. The molecule has 2 N–H and O–H groups in total. The third-order valence-electron chi connectivity index (χ3n) is 7.34.